The van der Waals surface area contributed by atoms with Crippen molar-refractivity contribution >= 4 is 52.7 Å². The predicted molar refractivity (Wildman–Crippen MR) is 106 cm³/mol. The van der Waals surface area contributed by atoms with Crippen LogP contribution in [-0.4, -0.2) is 40.7 Å². The quantitative estimate of drug-likeness (QED) is 0.393. The van der Waals surface area contributed by atoms with Gasteiger partial charge in [-0.25, -0.2) is 4.79 Å². The van der Waals surface area contributed by atoms with E-state index in [1.54, 1.807) is 36.4 Å². The number of ether oxygens (including phenoxy) is 1. The molecule has 0 saturated heterocycles. The lowest BCUT2D eigenvalue weighted by Crippen LogP contribution is -2.47. The molecule has 1 heterocycles. The second kappa shape index (κ2) is 8.33. The zero-order valence-corrected chi connectivity index (χ0v) is 16.6. The molecule has 8 heteroatoms. The summed E-state index contributed by atoms with van der Waals surface area (Å²) in [4.78, 5) is 39.3. The number of esters is 1. The lowest BCUT2D eigenvalue weighted by Gasteiger charge is -2.24. The van der Waals surface area contributed by atoms with Gasteiger partial charge < -0.3 is 4.74 Å². The van der Waals surface area contributed by atoms with E-state index in [4.69, 9.17) is 27.9 Å². The van der Waals surface area contributed by atoms with Crippen molar-refractivity contribution in [2.45, 2.75) is 12.5 Å². The van der Waals surface area contributed by atoms with Gasteiger partial charge in [0.15, 0.2) is 5.75 Å². The molecule has 0 spiro atoms. The molecular weight excluding hydrogens is 409 g/mol. The number of benzene rings is 2. The second-order valence-electron chi connectivity index (χ2n) is 5.80. The number of nitrogens with zero attached hydrogens (tertiary/aromatic N) is 1. The van der Waals surface area contributed by atoms with Gasteiger partial charge in [-0.15, -0.1) is 0 Å². The molecular formula is C19H15Cl2NO4S. The van der Waals surface area contributed by atoms with E-state index in [0.717, 1.165) is 4.90 Å². The van der Waals surface area contributed by atoms with Gasteiger partial charge in [-0.2, -0.15) is 11.8 Å². The Balaban J connectivity index is 1.90. The van der Waals surface area contributed by atoms with Crippen LogP contribution in [0.25, 0.3) is 0 Å². The smallest absolute Gasteiger partial charge is 0.334 e. The minimum Gasteiger partial charge on any atom is -0.423 e. The van der Waals surface area contributed by atoms with Crippen molar-refractivity contribution < 1.29 is 19.1 Å². The fraction of sp³-hybridized carbons (Fsp3) is 0.211. The molecule has 1 aliphatic heterocycles. The zero-order valence-electron chi connectivity index (χ0n) is 14.3. The van der Waals surface area contributed by atoms with E-state index in [0.29, 0.717) is 5.75 Å². The van der Waals surface area contributed by atoms with Gasteiger partial charge in [0.1, 0.15) is 11.1 Å². The molecule has 0 aliphatic carbocycles. The van der Waals surface area contributed by atoms with E-state index in [1.165, 1.54) is 17.8 Å². The molecule has 0 radical (unpaired) electrons. The third-order valence-corrected chi connectivity index (χ3v) is 5.58. The number of carbonyl (C=O) groups excluding carboxylic acids is 3. The van der Waals surface area contributed by atoms with Crippen LogP contribution in [0.4, 0.5) is 0 Å². The Labute approximate surface area is 170 Å². The van der Waals surface area contributed by atoms with E-state index in [1.807, 2.05) is 6.26 Å². The molecule has 1 unspecified atom stereocenters. The minimum absolute atomic E-state index is 0.0833. The van der Waals surface area contributed by atoms with E-state index in [9.17, 15) is 14.4 Å². The number of carbonyl (C=O) groups is 3. The molecule has 0 fully saturated rings. The number of hydrogen-bond donors (Lipinski definition) is 0. The Bertz CT molecular complexity index is 883. The Morgan fingerprint density at radius 1 is 1.07 bits per heavy atom. The highest BCUT2D eigenvalue weighted by Gasteiger charge is 2.43. The Hall–Kier alpha value is -2.02. The maximum absolute atomic E-state index is 12.8. The number of imide groups is 1. The standard InChI is InChI=1S/C19H15Cl2NO4S/c1-27-10-9-14(19(25)26-15-8-4-7-13(20)16(15)21)22-17(23)11-5-2-3-6-12(11)18(22)24/h2-8,14H,9-10H2,1H3. The molecule has 5 nitrogen and oxygen atoms in total. The van der Waals surface area contributed by atoms with Gasteiger partial charge >= 0.3 is 5.97 Å². The van der Waals surface area contributed by atoms with Crippen LogP contribution >= 0.6 is 35.0 Å². The molecule has 0 bridgehead atoms. The van der Waals surface area contributed by atoms with Crippen LogP contribution < -0.4 is 4.74 Å². The number of hydrogen-bond acceptors (Lipinski definition) is 5. The second-order valence-corrected chi connectivity index (χ2v) is 7.57. The van der Waals surface area contributed by atoms with Crippen LogP contribution in [0.15, 0.2) is 42.5 Å². The maximum atomic E-state index is 12.8. The first kappa shape index (κ1) is 19.7. The average molecular weight is 424 g/mol. The molecule has 1 aliphatic rings. The summed E-state index contributed by atoms with van der Waals surface area (Å²) in [5.41, 5.74) is 0.565. The molecule has 0 saturated carbocycles. The number of halogens is 2. The van der Waals surface area contributed by atoms with Gasteiger partial charge in [0, 0.05) is 0 Å². The molecule has 0 aromatic heterocycles. The summed E-state index contributed by atoms with van der Waals surface area (Å²) in [5.74, 6) is -1.09. The number of rotatable bonds is 6. The van der Waals surface area contributed by atoms with Crippen molar-refractivity contribution in [3.8, 4) is 5.75 Å². The van der Waals surface area contributed by atoms with E-state index < -0.39 is 23.8 Å². The van der Waals surface area contributed by atoms with Crippen LogP contribution in [-0.2, 0) is 4.79 Å². The predicted octanol–water partition coefficient (Wildman–Crippen LogP) is 4.32. The Morgan fingerprint density at radius 3 is 2.30 bits per heavy atom. The van der Waals surface area contributed by atoms with Crippen LogP contribution in [0.5, 0.6) is 5.75 Å². The van der Waals surface area contributed by atoms with Crippen LogP contribution in [0.2, 0.25) is 10.0 Å². The molecule has 2 amide bonds. The van der Waals surface area contributed by atoms with Crippen LogP contribution in [0.1, 0.15) is 27.1 Å². The highest BCUT2D eigenvalue weighted by atomic mass is 35.5. The summed E-state index contributed by atoms with van der Waals surface area (Å²) in [6.07, 6.45) is 2.14. The van der Waals surface area contributed by atoms with Crippen LogP contribution in [0, 0.1) is 0 Å². The van der Waals surface area contributed by atoms with E-state index in [-0.39, 0.29) is 33.3 Å². The average Bonchev–Trinajstić information content (AvgIpc) is 2.91. The monoisotopic (exact) mass is 423 g/mol. The van der Waals surface area contributed by atoms with E-state index >= 15 is 0 Å². The molecule has 27 heavy (non-hydrogen) atoms. The molecule has 2 aromatic rings. The summed E-state index contributed by atoms with van der Waals surface area (Å²) >= 11 is 13.5. The third-order valence-electron chi connectivity index (χ3n) is 4.13. The number of amides is 2. The van der Waals surface area contributed by atoms with Crippen molar-refractivity contribution in [1.82, 2.24) is 4.90 Å². The summed E-state index contributed by atoms with van der Waals surface area (Å²) in [6, 6.07) is 10.1. The highest BCUT2D eigenvalue weighted by Crippen LogP contribution is 2.33. The fourth-order valence-electron chi connectivity index (χ4n) is 2.81. The fourth-order valence-corrected chi connectivity index (χ4v) is 3.60. The number of thioether (sulfide) groups is 1. The van der Waals surface area contributed by atoms with Gasteiger partial charge in [0.25, 0.3) is 11.8 Å². The summed E-state index contributed by atoms with van der Waals surface area (Å²) in [5, 5.41) is 0.335. The first-order valence-corrected chi connectivity index (χ1v) is 10.2. The van der Waals surface area contributed by atoms with Gasteiger partial charge in [-0.3, -0.25) is 14.5 Å². The summed E-state index contributed by atoms with van der Waals surface area (Å²) < 4.78 is 5.38. The largest absolute Gasteiger partial charge is 0.423 e. The van der Waals surface area contributed by atoms with E-state index in [2.05, 4.69) is 0 Å². The minimum atomic E-state index is -1.06. The summed E-state index contributed by atoms with van der Waals surface area (Å²) in [6.45, 7) is 0. The van der Waals surface area contributed by atoms with Gasteiger partial charge in [0.2, 0.25) is 0 Å². The Morgan fingerprint density at radius 2 is 1.70 bits per heavy atom. The molecule has 0 N–H and O–H groups in total. The lowest BCUT2D eigenvalue weighted by molar-refractivity contribution is -0.138. The van der Waals surface area contributed by atoms with Crippen molar-refractivity contribution in [3.05, 3.63) is 63.6 Å². The SMILES string of the molecule is CSCCC(C(=O)Oc1cccc(Cl)c1Cl)N1C(=O)c2ccccc2C1=O. The normalized spacial score (nSPS) is 14.3. The molecule has 3 rings (SSSR count). The highest BCUT2D eigenvalue weighted by molar-refractivity contribution is 7.98. The topological polar surface area (TPSA) is 63.7 Å². The van der Waals surface area contributed by atoms with Crippen molar-refractivity contribution in [3.63, 3.8) is 0 Å². The van der Waals surface area contributed by atoms with Gasteiger partial charge in [-0.05, 0) is 42.7 Å². The molecule has 140 valence electrons. The maximum Gasteiger partial charge on any atom is 0.334 e. The van der Waals surface area contributed by atoms with Crippen molar-refractivity contribution in [1.29, 1.82) is 0 Å². The molecule has 2 aromatic carbocycles. The van der Waals surface area contributed by atoms with Gasteiger partial charge in [0.05, 0.1) is 16.1 Å². The van der Waals surface area contributed by atoms with Crippen molar-refractivity contribution in [2.75, 3.05) is 12.0 Å². The molecule has 1 atom stereocenters. The van der Waals surface area contributed by atoms with Crippen LogP contribution in [0.3, 0.4) is 0 Å². The summed E-state index contributed by atoms with van der Waals surface area (Å²) in [7, 11) is 0. The van der Waals surface area contributed by atoms with Crippen molar-refractivity contribution in [2.24, 2.45) is 0 Å². The Kier molecular flexibility index (Phi) is 6.09. The third kappa shape index (κ3) is 3.83. The first-order chi connectivity index (χ1) is 13.0. The van der Waals surface area contributed by atoms with Gasteiger partial charge in [-0.1, -0.05) is 41.4 Å². The zero-order chi connectivity index (χ0) is 19.6. The lowest BCUT2D eigenvalue weighted by atomic mass is 10.1. The number of fused-ring (bicyclic) bond motifs is 1. The first-order valence-electron chi connectivity index (χ1n) is 8.07.